The van der Waals surface area contributed by atoms with Gasteiger partial charge < -0.3 is 10.1 Å². The second-order valence-electron chi connectivity index (χ2n) is 5.81. The van der Waals surface area contributed by atoms with Gasteiger partial charge in [-0.25, -0.2) is 9.59 Å². The number of urea groups is 1. The molecule has 0 unspecified atom stereocenters. The van der Waals surface area contributed by atoms with Crippen LogP contribution in [0, 0.1) is 0 Å². The van der Waals surface area contributed by atoms with Crippen LogP contribution in [0.5, 0.6) is 0 Å². The van der Waals surface area contributed by atoms with Crippen LogP contribution < -0.4 is 10.6 Å². The fourth-order valence-electron chi connectivity index (χ4n) is 2.78. The van der Waals surface area contributed by atoms with Crippen molar-refractivity contribution >= 4 is 39.5 Å². The molecule has 0 saturated carbocycles. The molecule has 0 aliphatic rings. The molecule has 0 radical (unpaired) electrons. The molecule has 3 rings (SSSR count). The smallest absolute Gasteiger partial charge is 0.340 e. The van der Waals surface area contributed by atoms with E-state index in [1.54, 1.807) is 0 Å². The van der Waals surface area contributed by atoms with Gasteiger partial charge in [-0.05, 0) is 34.5 Å². The number of amides is 3. The number of esters is 1. The quantitative estimate of drug-likeness (QED) is 0.562. The number of ether oxygens (including phenoxy) is 1. The van der Waals surface area contributed by atoms with Crippen LogP contribution in [0.2, 0.25) is 0 Å². The first-order valence-corrected chi connectivity index (χ1v) is 8.15. The first-order chi connectivity index (χ1) is 12.5. The number of benzene rings is 3. The van der Waals surface area contributed by atoms with E-state index in [-0.39, 0.29) is 0 Å². The zero-order valence-electron chi connectivity index (χ0n) is 14.4. The number of rotatable bonds is 3. The molecule has 0 fully saturated rings. The van der Waals surface area contributed by atoms with E-state index in [0.717, 1.165) is 21.5 Å². The van der Waals surface area contributed by atoms with Gasteiger partial charge in [0.1, 0.15) is 0 Å². The maximum atomic E-state index is 12.8. The maximum Gasteiger partial charge on any atom is 0.340 e. The average molecular weight is 350 g/mol. The largest absolute Gasteiger partial charge is 0.449 e. The second kappa shape index (κ2) is 7.23. The van der Waals surface area contributed by atoms with Gasteiger partial charge in [-0.1, -0.05) is 48.5 Å². The summed E-state index contributed by atoms with van der Waals surface area (Å²) in [7, 11) is 1.39. The molecule has 3 aromatic carbocycles. The van der Waals surface area contributed by atoms with Gasteiger partial charge in [0.15, 0.2) is 6.10 Å². The van der Waals surface area contributed by atoms with Crippen LogP contribution in [-0.2, 0) is 9.53 Å². The number of nitrogens with one attached hydrogen (secondary N) is 2. The Bertz CT molecular complexity index is 959. The topological polar surface area (TPSA) is 84.5 Å². The number of carbonyl (C=O) groups excluding carboxylic acids is 3. The molecule has 0 bridgehead atoms. The molecular formula is C20H18N2O4. The van der Waals surface area contributed by atoms with Crippen LogP contribution in [-0.4, -0.2) is 31.1 Å². The minimum Gasteiger partial charge on any atom is -0.449 e. The molecule has 6 nitrogen and oxygen atoms in total. The predicted octanol–water partition coefficient (Wildman–Crippen LogP) is 2.99. The molecule has 3 aromatic rings. The SMILES string of the molecule is CNC(=O)NC(=O)[C@@H](C)OC(=O)c1c2ccccc2cc2ccccc12. The normalized spacial score (nSPS) is 11.8. The molecule has 0 saturated heterocycles. The van der Waals surface area contributed by atoms with Gasteiger partial charge in [0.05, 0.1) is 5.56 Å². The summed E-state index contributed by atoms with van der Waals surface area (Å²) in [6, 6.07) is 16.3. The zero-order chi connectivity index (χ0) is 18.7. The van der Waals surface area contributed by atoms with Crippen molar-refractivity contribution < 1.29 is 19.1 Å². The highest BCUT2D eigenvalue weighted by Gasteiger charge is 2.23. The summed E-state index contributed by atoms with van der Waals surface area (Å²) in [6.07, 6.45) is -1.11. The van der Waals surface area contributed by atoms with E-state index in [4.69, 9.17) is 4.74 Å². The number of hydrogen-bond donors (Lipinski definition) is 2. The molecule has 0 aliphatic carbocycles. The summed E-state index contributed by atoms with van der Waals surface area (Å²) in [5.74, 6) is -1.31. The van der Waals surface area contributed by atoms with Crippen LogP contribution >= 0.6 is 0 Å². The van der Waals surface area contributed by atoms with Crippen molar-refractivity contribution in [2.45, 2.75) is 13.0 Å². The van der Waals surface area contributed by atoms with Crippen molar-refractivity contribution in [3.05, 3.63) is 60.2 Å². The summed E-state index contributed by atoms with van der Waals surface area (Å²) < 4.78 is 5.33. The van der Waals surface area contributed by atoms with Gasteiger partial charge in [-0.2, -0.15) is 0 Å². The minimum atomic E-state index is -1.11. The number of fused-ring (bicyclic) bond motifs is 2. The highest BCUT2D eigenvalue weighted by atomic mass is 16.5. The predicted molar refractivity (Wildman–Crippen MR) is 98.9 cm³/mol. The third-order valence-electron chi connectivity index (χ3n) is 4.09. The standard InChI is InChI=1S/C20H18N2O4/c1-12(18(23)22-20(25)21-2)26-19(24)17-15-9-5-3-7-13(15)11-14-8-4-6-10-16(14)17/h3-12H,1-2H3,(H2,21,22,23,25)/t12-/m1/s1. The van der Waals surface area contributed by atoms with E-state index in [9.17, 15) is 14.4 Å². The molecule has 3 amide bonds. The average Bonchev–Trinajstić information content (AvgIpc) is 2.65. The lowest BCUT2D eigenvalue weighted by Crippen LogP contribution is -2.43. The molecule has 0 heterocycles. The van der Waals surface area contributed by atoms with Gasteiger partial charge in [0.2, 0.25) is 0 Å². The van der Waals surface area contributed by atoms with Crippen LogP contribution in [0.15, 0.2) is 54.6 Å². The monoisotopic (exact) mass is 350 g/mol. The fourth-order valence-corrected chi connectivity index (χ4v) is 2.78. The Morgan fingerprint density at radius 3 is 2.00 bits per heavy atom. The lowest BCUT2D eigenvalue weighted by molar-refractivity contribution is -0.127. The molecule has 6 heteroatoms. The number of carbonyl (C=O) groups is 3. The van der Waals surface area contributed by atoms with Crippen molar-refractivity contribution in [3.8, 4) is 0 Å². The molecule has 1 atom stereocenters. The Kier molecular flexibility index (Phi) is 4.84. The van der Waals surface area contributed by atoms with Crippen LogP contribution in [0.4, 0.5) is 4.79 Å². The van der Waals surface area contributed by atoms with Crippen molar-refractivity contribution in [2.24, 2.45) is 0 Å². The summed E-state index contributed by atoms with van der Waals surface area (Å²) in [5, 5.41) is 7.66. The third-order valence-corrected chi connectivity index (χ3v) is 4.09. The highest BCUT2D eigenvalue weighted by molar-refractivity contribution is 6.16. The summed E-state index contributed by atoms with van der Waals surface area (Å²) in [4.78, 5) is 36.0. The minimum absolute atomic E-state index is 0.401. The Morgan fingerprint density at radius 2 is 1.46 bits per heavy atom. The van der Waals surface area contributed by atoms with Crippen LogP contribution in [0.3, 0.4) is 0 Å². The maximum absolute atomic E-state index is 12.8. The van der Waals surface area contributed by atoms with Crippen LogP contribution in [0.25, 0.3) is 21.5 Å². The summed E-state index contributed by atoms with van der Waals surface area (Å²) in [6.45, 7) is 1.42. The Morgan fingerprint density at radius 1 is 0.923 bits per heavy atom. The van der Waals surface area contributed by atoms with Gasteiger partial charge in [-0.15, -0.1) is 0 Å². The van der Waals surface area contributed by atoms with E-state index in [1.165, 1.54) is 14.0 Å². The highest BCUT2D eigenvalue weighted by Crippen LogP contribution is 2.29. The molecule has 0 spiro atoms. The molecule has 0 aliphatic heterocycles. The molecular weight excluding hydrogens is 332 g/mol. The number of hydrogen-bond acceptors (Lipinski definition) is 4. The van der Waals surface area contributed by atoms with E-state index in [1.807, 2.05) is 54.6 Å². The molecule has 132 valence electrons. The second-order valence-corrected chi connectivity index (χ2v) is 5.81. The Labute approximate surface area is 150 Å². The number of imide groups is 1. The summed E-state index contributed by atoms with van der Waals surface area (Å²) in [5.41, 5.74) is 0.401. The first kappa shape index (κ1) is 17.4. The van der Waals surface area contributed by atoms with Gasteiger partial charge in [0.25, 0.3) is 5.91 Å². The fraction of sp³-hybridized carbons (Fsp3) is 0.150. The van der Waals surface area contributed by atoms with Gasteiger partial charge >= 0.3 is 12.0 Å². The summed E-state index contributed by atoms with van der Waals surface area (Å²) >= 11 is 0. The van der Waals surface area contributed by atoms with Gasteiger partial charge in [0, 0.05) is 7.05 Å². The van der Waals surface area contributed by atoms with Crippen molar-refractivity contribution in [3.63, 3.8) is 0 Å². The molecule has 26 heavy (non-hydrogen) atoms. The Balaban J connectivity index is 1.99. The van der Waals surface area contributed by atoms with E-state index in [0.29, 0.717) is 5.56 Å². The van der Waals surface area contributed by atoms with Crippen molar-refractivity contribution in [1.29, 1.82) is 0 Å². The lowest BCUT2D eigenvalue weighted by Gasteiger charge is -2.15. The molecule has 0 aromatic heterocycles. The zero-order valence-corrected chi connectivity index (χ0v) is 14.4. The third kappa shape index (κ3) is 3.35. The van der Waals surface area contributed by atoms with E-state index in [2.05, 4.69) is 10.6 Å². The van der Waals surface area contributed by atoms with E-state index >= 15 is 0 Å². The molecule has 2 N–H and O–H groups in total. The lowest BCUT2D eigenvalue weighted by atomic mass is 9.97. The van der Waals surface area contributed by atoms with Crippen molar-refractivity contribution in [1.82, 2.24) is 10.6 Å². The van der Waals surface area contributed by atoms with Crippen LogP contribution in [0.1, 0.15) is 17.3 Å². The Hall–Kier alpha value is -3.41. The van der Waals surface area contributed by atoms with Crippen molar-refractivity contribution in [2.75, 3.05) is 7.05 Å². The first-order valence-electron chi connectivity index (χ1n) is 8.15. The van der Waals surface area contributed by atoms with Gasteiger partial charge in [-0.3, -0.25) is 10.1 Å². The van der Waals surface area contributed by atoms with E-state index < -0.39 is 24.0 Å².